The van der Waals surface area contributed by atoms with Crippen LogP contribution in [0.3, 0.4) is 0 Å². The van der Waals surface area contributed by atoms with Gasteiger partial charge in [0.15, 0.2) is 0 Å². The van der Waals surface area contributed by atoms with Crippen LogP contribution in [0.4, 0.5) is 4.79 Å². The van der Waals surface area contributed by atoms with Crippen LogP contribution in [0.15, 0.2) is 18.2 Å². The molecular formula is C22H33N3O4. The fraction of sp³-hybridized carbons (Fsp3) is 0.636. The fourth-order valence-corrected chi connectivity index (χ4v) is 4.19. The fourth-order valence-electron chi connectivity index (χ4n) is 4.19. The number of hydrogen-bond acceptors (Lipinski definition) is 4. The van der Waals surface area contributed by atoms with E-state index in [2.05, 4.69) is 10.6 Å². The summed E-state index contributed by atoms with van der Waals surface area (Å²) >= 11 is 0. The predicted octanol–water partition coefficient (Wildman–Crippen LogP) is 2.87. The molecule has 2 aliphatic rings. The molecule has 3 amide bonds. The Morgan fingerprint density at radius 1 is 0.966 bits per heavy atom. The second kappa shape index (κ2) is 10.4. The highest BCUT2D eigenvalue weighted by Gasteiger charge is 2.26. The molecule has 0 radical (unpaired) electrons. The second-order valence-electron chi connectivity index (χ2n) is 7.97. The van der Waals surface area contributed by atoms with E-state index in [0.717, 1.165) is 31.2 Å². The molecule has 29 heavy (non-hydrogen) atoms. The molecule has 0 spiro atoms. The Balaban J connectivity index is 1.43. The smallest absolute Gasteiger partial charge is 0.317 e. The van der Waals surface area contributed by atoms with Crippen molar-refractivity contribution in [3.8, 4) is 11.5 Å². The van der Waals surface area contributed by atoms with E-state index in [1.165, 1.54) is 19.3 Å². The zero-order valence-corrected chi connectivity index (χ0v) is 17.5. The Bertz CT molecular complexity index is 695. The molecule has 7 heteroatoms. The van der Waals surface area contributed by atoms with Crippen molar-refractivity contribution in [2.24, 2.45) is 0 Å². The Labute approximate surface area is 173 Å². The summed E-state index contributed by atoms with van der Waals surface area (Å²) in [6.07, 6.45) is 7.69. The van der Waals surface area contributed by atoms with Crippen molar-refractivity contribution >= 4 is 11.9 Å². The van der Waals surface area contributed by atoms with Gasteiger partial charge >= 0.3 is 6.03 Å². The molecule has 0 atom stereocenters. The molecule has 0 bridgehead atoms. The van der Waals surface area contributed by atoms with E-state index in [4.69, 9.17) is 9.47 Å². The maximum Gasteiger partial charge on any atom is 0.317 e. The summed E-state index contributed by atoms with van der Waals surface area (Å²) in [4.78, 5) is 26.8. The van der Waals surface area contributed by atoms with Crippen LogP contribution in [-0.2, 0) is 11.2 Å². The first-order chi connectivity index (χ1) is 14.1. The number of methoxy groups -OCH3 is 2. The van der Waals surface area contributed by atoms with Gasteiger partial charge in [0.05, 0.1) is 20.6 Å². The molecule has 0 unspecified atom stereocenters. The van der Waals surface area contributed by atoms with Crippen LogP contribution in [-0.4, -0.2) is 56.2 Å². The summed E-state index contributed by atoms with van der Waals surface area (Å²) < 4.78 is 10.6. The molecule has 2 fully saturated rings. The number of benzene rings is 1. The molecule has 3 rings (SSSR count). The zero-order valence-electron chi connectivity index (χ0n) is 17.5. The molecule has 1 aliphatic carbocycles. The number of nitrogens with zero attached hydrogens (tertiary/aromatic N) is 1. The van der Waals surface area contributed by atoms with Crippen LogP contribution in [0.25, 0.3) is 0 Å². The summed E-state index contributed by atoms with van der Waals surface area (Å²) in [7, 11) is 3.19. The topological polar surface area (TPSA) is 79.9 Å². The number of carbonyl (C=O) groups is 2. The lowest BCUT2D eigenvalue weighted by molar-refractivity contribution is -0.121. The normalized spacial score (nSPS) is 18.2. The van der Waals surface area contributed by atoms with Crippen LogP contribution in [0.2, 0.25) is 0 Å². The molecule has 1 aliphatic heterocycles. The van der Waals surface area contributed by atoms with Gasteiger partial charge in [-0.15, -0.1) is 0 Å². The molecule has 160 valence electrons. The maximum absolute atomic E-state index is 12.5. The van der Waals surface area contributed by atoms with E-state index in [1.54, 1.807) is 20.3 Å². The van der Waals surface area contributed by atoms with Gasteiger partial charge in [0.25, 0.3) is 0 Å². The lowest BCUT2D eigenvalue weighted by Gasteiger charge is -2.34. The number of likely N-dealkylation sites (tertiary alicyclic amines) is 1. The van der Waals surface area contributed by atoms with Gasteiger partial charge in [0.1, 0.15) is 11.5 Å². The third kappa shape index (κ3) is 6.02. The summed E-state index contributed by atoms with van der Waals surface area (Å²) in [6.45, 7) is 1.35. The van der Waals surface area contributed by atoms with Gasteiger partial charge in [-0.05, 0) is 31.7 Å². The molecule has 0 aromatic heterocycles. The Morgan fingerprint density at radius 2 is 1.66 bits per heavy atom. The number of rotatable bonds is 6. The van der Waals surface area contributed by atoms with Crippen molar-refractivity contribution < 1.29 is 19.1 Å². The molecule has 2 N–H and O–H groups in total. The maximum atomic E-state index is 12.5. The van der Waals surface area contributed by atoms with Gasteiger partial charge in [-0.3, -0.25) is 4.79 Å². The molecule has 1 aromatic carbocycles. The summed E-state index contributed by atoms with van der Waals surface area (Å²) in [5.41, 5.74) is 0.829. The van der Waals surface area contributed by atoms with E-state index in [9.17, 15) is 9.59 Å². The average Bonchev–Trinajstić information content (AvgIpc) is 2.75. The van der Waals surface area contributed by atoms with Gasteiger partial charge in [-0.2, -0.15) is 0 Å². The molecule has 7 nitrogen and oxygen atoms in total. The van der Waals surface area contributed by atoms with Crippen molar-refractivity contribution in [3.05, 3.63) is 23.8 Å². The monoisotopic (exact) mass is 403 g/mol. The van der Waals surface area contributed by atoms with Crippen LogP contribution in [0, 0.1) is 0 Å². The SMILES string of the molecule is COc1ccc(CC(=O)NC2CCN(C(=O)NC3CCCCC3)CC2)c(OC)c1. The highest BCUT2D eigenvalue weighted by molar-refractivity contribution is 5.80. The lowest BCUT2D eigenvalue weighted by Crippen LogP contribution is -2.51. The molecular weight excluding hydrogens is 370 g/mol. The molecule has 1 saturated carbocycles. The molecule has 1 heterocycles. The van der Waals surface area contributed by atoms with Gasteiger partial charge in [0, 0.05) is 36.8 Å². The number of ether oxygens (including phenoxy) is 2. The van der Waals surface area contributed by atoms with E-state index < -0.39 is 0 Å². The van der Waals surface area contributed by atoms with Gasteiger partial charge < -0.3 is 25.0 Å². The van der Waals surface area contributed by atoms with E-state index >= 15 is 0 Å². The third-order valence-corrected chi connectivity index (χ3v) is 5.93. The molecule has 1 saturated heterocycles. The minimum absolute atomic E-state index is 0.0291. The van der Waals surface area contributed by atoms with Crippen molar-refractivity contribution in [1.82, 2.24) is 15.5 Å². The highest BCUT2D eigenvalue weighted by Crippen LogP contribution is 2.25. The van der Waals surface area contributed by atoms with E-state index in [1.807, 2.05) is 17.0 Å². The first-order valence-corrected chi connectivity index (χ1v) is 10.6. The number of carbonyl (C=O) groups excluding carboxylic acids is 2. The van der Waals surface area contributed by atoms with Crippen molar-refractivity contribution in [2.45, 2.75) is 63.5 Å². The van der Waals surface area contributed by atoms with Crippen LogP contribution < -0.4 is 20.1 Å². The predicted molar refractivity (Wildman–Crippen MR) is 111 cm³/mol. The minimum atomic E-state index is -0.0291. The van der Waals surface area contributed by atoms with Crippen LogP contribution in [0.5, 0.6) is 11.5 Å². The quantitative estimate of drug-likeness (QED) is 0.765. The van der Waals surface area contributed by atoms with Gasteiger partial charge in [0.2, 0.25) is 5.91 Å². The number of amides is 3. The van der Waals surface area contributed by atoms with E-state index in [0.29, 0.717) is 30.6 Å². The third-order valence-electron chi connectivity index (χ3n) is 5.93. The van der Waals surface area contributed by atoms with Crippen LogP contribution in [0.1, 0.15) is 50.5 Å². The lowest BCUT2D eigenvalue weighted by atomic mass is 9.95. The molecule has 1 aromatic rings. The van der Waals surface area contributed by atoms with Crippen molar-refractivity contribution in [1.29, 1.82) is 0 Å². The van der Waals surface area contributed by atoms with Crippen molar-refractivity contribution in [3.63, 3.8) is 0 Å². The van der Waals surface area contributed by atoms with Gasteiger partial charge in [-0.1, -0.05) is 25.3 Å². The number of urea groups is 1. The first kappa shape index (κ1) is 21.3. The van der Waals surface area contributed by atoms with E-state index in [-0.39, 0.29) is 24.4 Å². The standard InChI is InChI=1S/C22H33N3O4/c1-28-19-9-8-16(20(15-19)29-2)14-21(26)23-18-10-12-25(13-11-18)22(27)24-17-6-4-3-5-7-17/h8-9,15,17-18H,3-7,10-14H2,1-2H3,(H,23,26)(H,24,27). The van der Waals surface area contributed by atoms with Gasteiger partial charge in [-0.25, -0.2) is 4.79 Å². The second-order valence-corrected chi connectivity index (χ2v) is 7.97. The Hall–Kier alpha value is -2.44. The largest absolute Gasteiger partial charge is 0.497 e. The number of hydrogen-bond donors (Lipinski definition) is 2. The minimum Gasteiger partial charge on any atom is -0.497 e. The number of piperidine rings is 1. The zero-order chi connectivity index (χ0) is 20.6. The van der Waals surface area contributed by atoms with Crippen molar-refractivity contribution in [2.75, 3.05) is 27.3 Å². The van der Waals surface area contributed by atoms with Crippen LogP contribution >= 0.6 is 0 Å². The number of nitrogens with one attached hydrogen (secondary N) is 2. The Kier molecular flexibility index (Phi) is 7.61. The first-order valence-electron chi connectivity index (χ1n) is 10.6. The Morgan fingerprint density at radius 3 is 2.31 bits per heavy atom. The summed E-state index contributed by atoms with van der Waals surface area (Å²) in [5.74, 6) is 1.32. The highest BCUT2D eigenvalue weighted by atomic mass is 16.5. The average molecular weight is 404 g/mol. The summed E-state index contributed by atoms with van der Waals surface area (Å²) in [6, 6.07) is 5.94. The summed E-state index contributed by atoms with van der Waals surface area (Å²) in [5, 5.41) is 6.28.